The molecule has 0 saturated heterocycles. The van der Waals surface area contributed by atoms with Crippen molar-refractivity contribution in [1.82, 2.24) is 0 Å². The minimum Gasteiger partial charge on any atom is -0.130 e. The number of hydrogen-bond acceptors (Lipinski definition) is 1. The Balaban J connectivity index is 3.86. The summed E-state index contributed by atoms with van der Waals surface area (Å²) in [6, 6.07) is 0. The lowest BCUT2D eigenvalue weighted by atomic mass is 10.0. The van der Waals surface area contributed by atoms with Crippen LogP contribution in [0, 0.1) is 17.8 Å². The molecule has 0 heterocycles. The molecule has 0 spiro atoms. The Morgan fingerprint density at radius 1 is 1.32 bits per heavy atom. The molecule has 0 aliphatic rings. The van der Waals surface area contributed by atoms with E-state index in [4.69, 9.17) is 0 Å². The second-order valence-electron chi connectivity index (χ2n) is 4.26. The van der Waals surface area contributed by atoms with Crippen LogP contribution in [0.15, 0.2) is 48.4 Å². The van der Waals surface area contributed by atoms with E-state index in [0.717, 1.165) is 19.3 Å². The van der Waals surface area contributed by atoms with Crippen molar-refractivity contribution in [3.63, 3.8) is 0 Å². The zero-order valence-corrected chi connectivity index (χ0v) is 13.1. The van der Waals surface area contributed by atoms with Crippen molar-refractivity contribution in [2.75, 3.05) is 6.26 Å². The normalized spacial score (nSPS) is 12.8. The summed E-state index contributed by atoms with van der Waals surface area (Å²) in [5.41, 5.74) is 0. The predicted octanol–water partition coefficient (Wildman–Crippen LogP) is 5.75. The average Bonchev–Trinajstić information content (AvgIpc) is 2.44. The summed E-state index contributed by atoms with van der Waals surface area (Å²) in [6.07, 6.45) is 18.3. The first-order valence-electron chi connectivity index (χ1n) is 6.84. The number of thioether (sulfide) groups is 1. The van der Waals surface area contributed by atoms with Crippen molar-refractivity contribution in [2.45, 2.75) is 39.0 Å². The molecule has 0 radical (unpaired) electrons. The van der Waals surface area contributed by atoms with Crippen LogP contribution in [0.1, 0.15) is 39.0 Å². The highest BCUT2D eigenvalue weighted by atomic mass is 32.2. The van der Waals surface area contributed by atoms with Crippen LogP contribution in [-0.4, -0.2) is 6.26 Å². The Kier molecular flexibility index (Phi) is 12.5. The molecule has 0 aromatic heterocycles. The van der Waals surface area contributed by atoms with Gasteiger partial charge in [0.15, 0.2) is 0 Å². The lowest BCUT2D eigenvalue weighted by molar-refractivity contribution is 0.636. The molecular weight excluding hydrogens is 248 g/mol. The highest BCUT2D eigenvalue weighted by Crippen LogP contribution is 2.15. The zero-order valence-electron chi connectivity index (χ0n) is 12.3. The molecule has 0 aliphatic carbocycles. The molecule has 0 aromatic carbocycles. The third-order valence-electron chi connectivity index (χ3n) is 2.75. The minimum absolute atomic E-state index is 0.364. The van der Waals surface area contributed by atoms with Gasteiger partial charge in [-0.1, -0.05) is 42.7 Å². The van der Waals surface area contributed by atoms with Gasteiger partial charge < -0.3 is 0 Å². The smallest absolute Gasteiger partial charge is 0.0379 e. The Morgan fingerprint density at radius 2 is 2.11 bits per heavy atom. The Morgan fingerprint density at radius 3 is 2.68 bits per heavy atom. The highest BCUT2D eigenvalue weighted by Gasteiger charge is 1.98. The third-order valence-corrected chi connectivity index (χ3v) is 3.53. The summed E-state index contributed by atoms with van der Waals surface area (Å²) in [5, 5.41) is 0. The summed E-state index contributed by atoms with van der Waals surface area (Å²) in [5.74, 6) is 6.49. The maximum atomic E-state index is 3.82. The molecule has 0 bridgehead atoms. The molecule has 1 atom stereocenters. The molecule has 0 aromatic rings. The van der Waals surface area contributed by atoms with E-state index < -0.39 is 0 Å². The SMILES string of the molecule is C=CC/C=C(/C=C\CCCCC(C#CC)C=C)SC. The molecule has 0 aliphatic heterocycles. The van der Waals surface area contributed by atoms with E-state index in [2.05, 4.69) is 49.5 Å². The first-order valence-corrected chi connectivity index (χ1v) is 8.07. The van der Waals surface area contributed by atoms with Gasteiger partial charge in [0.05, 0.1) is 0 Å². The van der Waals surface area contributed by atoms with Gasteiger partial charge in [0.2, 0.25) is 0 Å². The van der Waals surface area contributed by atoms with Crippen LogP contribution in [0.3, 0.4) is 0 Å². The first kappa shape index (κ1) is 17.9. The van der Waals surface area contributed by atoms with E-state index in [-0.39, 0.29) is 0 Å². The van der Waals surface area contributed by atoms with Crippen LogP contribution < -0.4 is 0 Å². The van der Waals surface area contributed by atoms with Gasteiger partial charge in [0.25, 0.3) is 0 Å². The quantitative estimate of drug-likeness (QED) is 0.211. The predicted molar refractivity (Wildman–Crippen MR) is 91.2 cm³/mol. The van der Waals surface area contributed by atoms with Crippen molar-refractivity contribution < 1.29 is 0 Å². The van der Waals surface area contributed by atoms with E-state index in [0.29, 0.717) is 5.92 Å². The second-order valence-corrected chi connectivity index (χ2v) is 5.14. The standard InChI is InChI=1S/C18H26S/c1-5-8-15-18(19-4)16-12-10-9-11-14-17(7-3)13-6-2/h5,7,12,15-17H,1,3,8-11,14H2,2,4H3/b16-12-,18-15-. The van der Waals surface area contributed by atoms with Crippen molar-refractivity contribution in [3.05, 3.63) is 48.4 Å². The fraction of sp³-hybridized carbons (Fsp3) is 0.444. The van der Waals surface area contributed by atoms with Crippen molar-refractivity contribution in [3.8, 4) is 11.8 Å². The Bertz CT molecular complexity index is 363. The average molecular weight is 274 g/mol. The Hall–Kier alpha value is -1.13. The lowest BCUT2D eigenvalue weighted by Crippen LogP contribution is -1.91. The minimum atomic E-state index is 0.364. The van der Waals surface area contributed by atoms with Gasteiger partial charge in [-0.3, -0.25) is 0 Å². The number of allylic oxidation sites excluding steroid dienone is 5. The van der Waals surface area contributed by atoms with Crippen LogP contribution in [0.5, 0.6) is 0 Å². The fourth-order valence-corrected chi connectivity index (χ4v) is 2.17. The van der Waals surface area contributed by atoms with Crippen LogP contribution >= 0.6 is 11.8 Å². The summed E-state index contributed by atoms with van der Waals surface area (Å²) in [6.45, 7) is 9.44. The van der Waals surface area contributed by atoms with Crippen LogP contribution in [0.25, 0.3) is 0 Å². The van der Waals surface area contributed by atoms with Gasteiger partial charge in [0.1, 0.15) is 0 Å². The van der Waals surface area contributed by atoms with E-state index in [1.807, 2.05) is 19.1 Å². The molecule has 0 amide bonds. The van der Waals surface area contributed by atoms with Crippen molar-refractivity contribution in [1.29, 1.82) is 0 Å². The van der Waals surface area contributed by atoms with Gasteiger partial charge in [-0.25, -0.2) is 0 Å². The van der Waals surface area contributed by atoms with Gasteiger partial charge in [-0.05, 0) is 38.9 Å². The molecular formula is C18H26S. The number of rotatable bonds is 10. The van der Waals surface area contributed by atoms with Crippen molar-refractivity contribution in [2.24, 2.45) is 5.92 Å². The van der Waals surface area contributed by atoms with Gasteiger partial charge in [0, 0.05) is 10.8 Å². The molecule has 0 saturated carbocycles. The van der Waals surface area contributed by atoms with E-state index in [1.165, 1.54) is 17.7 Å². The highest BCUT2D eigenvalue weighted by molar-refractivity contribution is 8.02. The van der Waals surface area contributed by atoms with Gasteiger partial charge in [-0.2, -0.15) is 0 Å². The topological polar surface area (TPSA) is 0 Å². The molecule has 19 heavy (non-hydrogen) atoms. The van der Waals surface area contributed by atoms with E-state index >= 15 is 0 Å². The first-order chi connectivity index (χ1) is 9.28. The number of hydrogen-bond donors (Lipinski definition) is 0. The molecule has 0 nitrogen and oxygen atoms in total. The maximum Gasteiger partial charge on any atom is 0.0379 e. The largest absolute Gasteiger partial charge is 0.130 e. The van der Waals surface area contributed by atoms with Crippen LogP contribution in [0.2, 0.25) is 0 Å². The van der Waals surface area contributed by atoms with Gasteiger partial charge >= 0.3 is 0 Å². The second kappa shape index (κ2) is 13.3. The molecule has 104 valence electrons. The summed E-state index contributed by atoms with van der Waals surface area (Å²) < 4.78 is 0. The molecule has 1 unspecified atom stereocenters. The van der Waals surface area contributed by atoms with Crippen LogP contribution in [0.4, 0.5) is 0 Å². The summed E-state index contributed by atoms with van der Waals surface area (Å²) in [7, 11) is 0. The lowest BCUT2D eigenvalue weighted by Gasteiger charge is -2.03. The Labute approximate surface area is 123 Å². The summed E-state index contributed by atoms with van der Waals surface area (Å²) >= 11 is 1.78. The molecule has 1 heteroatoms. The maximum absolute atomic E-state index is 3.82. The van der Waals surface area contributed by atoms with E-state index in [1.54, 1.807) is 11.8 Å². The summed E-state index contributed by atoms with van der Waals surface area (Å²) in [4.78, 5) is 1.32. The zero-order chi connectivity index (χ0) is 14.3. The number of unbranched alkanes of at least 4 members (excludes halogenated alkanes) is 2. The molecule has 0 fully saturated rings. The third kappa shape index (κ3) is 10.5. The fourth-order valence-electron chi connectivity index (χ4n) is 1.68. The van der Waals surface area contributed by atoms with E-state index in [9.17, 15) is 0 Å². The molecule has 0 rings (SSSR count). The molecule has 0 N–H and O–H groups in total. The van der Waals surface area contributed by atoms with Crippen molar-refractivity contribution >= 4 is 11.8 Å². The van der Waals surface area contributed by atoms with Gasteiger partial charge in [-0.15, -0.1) is 30.8 Å². The monoisotopic (exact) mass is 274 g/mol. The van der Waals surface area contributed by atoms with Crippen LogP contribution in [-0.2, 0) is 0 Å².